The van der Waals surface area contributed by atoms with Crippen LogP contribution in [0.4, 0.5) is 0 Å². The van der Waals surface area contributed by atoms with Crippen molar-refractivity contribution < 1.29 is 14.8 Å². The summed E-state index contributed by atoms with van der Waals surface area (Å²) in [6.07, 6.45) is 4.38. The van der Waals surface area contributed by atoms with E-state index in [1.807, 2.05) is 42.5 Å². The minimum atomic E-state index is -0.602. The van der Waals surface area contributed by atoms with Crippen molar-refractivity contribution in [3.05, 3.63) is 59.8 Å². The number of carbonyl (C=O) groups excluding carboxylic acids is 2. The van der Waals surface area contributed by atoms with Gasteiger partial charge in [0.2, 0.25) is 0 Å². The topological polar surface area (TPSA) is 106 Å². The fourth-order valence-corrected chi connectivity index (χ4v) is 3.67. The molecule has 2 heterocycles. The van der Waals surface area contributed by atoms with E-state index in [0.29, 0.717) is 5.56 Å². The number of fused-ring (bicyclic) bond motifs is 1. The summed E-state index contributed by atoms with van der Waals surface area (Å²) in [5, 5.41) is 17.0. The van der Waals surface area contributed by atoms with Crippen molar-refractivity contribution in [3.8, 4) is 0 Å². The Balaban J connectivity index is 1.30. The lowest BCUT2D eigenvalue weighted by atomic mass is 10.0. The molecule has 0 saturated carbocycles. The van der Waals surface area contributed by atoms with Crippen LogP contribution in [0.1, 0.15) is 23.2 Å². The molecule has 0 aromatic heterocycles. The van der Waals surface area contributed by atoms with E-state index >= 15 is 0 Å². The van der Waals surface area contributed by atoms with Gasteiger partial charge in [0.05, 0.1) is 5.57 Å². The van der Waals surface area contributed by atoms with Crippen LogP contribution in [0.3, 0.4) is 0 Å². The third-order valence-electron chi connectivity index (χ3n) is 5.33. The summed E-state index contributed by atoms with van der Waals surface area (Å²) in [4.78, 5) is 30.5. The quantitative estimate of drug-likeness (QED) is 0.464. The van der Waals surface area contributed by atoms with E-state index in [1.165, 1.54) is 12.4 Å². The van der Waals surface area contributed by atoms with Gasteiger partial charge in [-0.2, -0.15) is 0 Å². The summed E-state index contributed by atoms with van der Waals surface area (Å²) in [6.45, 7) is 1.54. The minimum Gasteiger partial charge on any atom is -0.357 e. The SMILES string of the molecule is O=C(NO)C1=CNC(N2CCC(NC(=O)c3ccc4ccccc4c3)CC2)N=C1. The van der Waals surface area contributed by atoms with Crippen LogP contribution >= 0.6 is 0 Å². The number of carbonyl (C=O) groups is 2. The summed E-state index contributed by atoms with van der Waals surface area (Å²) in [6, 6.07) is 13.9. The van der Waals surface area contributed by atoms with Gasteiger partial charge in [0, 0.05) is 37.1 Å². The summed E-state index contributed by atoms with van der Waals surface area (Å²) < 4.78 is 0. The standard InChI is InChI=1S/C21H23N5O3/c27-19(16-6-5-14-3-1-2-4-15(14)11-16)24-18-7-9-26(10-8-18)21-22-12-17(13-23-21)20(28)25-29/h1-6,11-13,18,21-22,29H,7-10H2,(H,24,27)(H,25,28). The summed E-state index contributed by atoms with van der Waals surface area (Å²) >= 11 is 0. The van der Waals surface area contributed by atoms with Crippen LogP contribution in [0.15, 0.2) is 59.2 Å². The zero-order chi connectivity index (χ0) is 20.2. The number of rotatable bonds is 4. The van der Waals surface area contributed by atoms with Gasteiger partial charge >= 0.3 is 0 Å². The second kappa shape index (κ2) is 8.42. The van der Waals surface area contributed by atoms with E-state index in [-0.39, 0.29) is 23.8 Å². The first-order valence-corrected chi connectivity index (χ1v) is 9.61. The molecule has 2 aromatic rings. The van der Waals surface area contributed by atoms with Gasteiger partial charge in [-0.3, -0.25) is 24.7 Å². The van der Waals surface area contributed by atoms with Crippen LogP contribution in [-0.2, 0) is 4.79 Å². The summed E-state index contributed by atoms with van der Waals surface area (Å²) in [7, 11) is 0. The van der Waals surface area contributed by atoms with Crippen molar-refractivity contribution in [3.63, 3.8) is 0 Å². The second-order valence-electron chi connectivity index (χ2n) is 7.20. The minimum absolute atomic E-state index is 0.0504. The Bertz CT molecular complexity index is 979. The van der Waals surface area contributed by atoms with E-state index in [1.54, 1.807) is 5.48 Å². The first-order chi connectivity index (χ1) is 14.1. The Kier molecular flexibility index (Phi) is 5.55. The molecule has 1 unspecified atom stereocenters. The molecule has 1 atom stereocenters. The average molecular weight is 393 g/mol. The van der Waals surface area contributed by atoms with Gasteiger partial charge < -0.3 is 10.6 Å². The fourth-order valence-electron chi connectivity index (χ4n) is 3.67. The molecule has 4 rings (SSSR count). The van der Waals surface area contributed by atoms with Crippen molar-refractivity contribution in [1.29, 1.82) is 0 Å². The number of nitrogens with one attached hydrogen (secondary N) is 3. The van der Waals surface area contributed by atoms with Crippen LogP contribution in [0.25, 0.3) is 10.8 Å². The molecule has 0 spiro atoms. The van der Waals surface area contributed by atoms with Crippen molar-refractivity contribution >= 4 is 28.8 Å². The number of aliphatic imine (C=N–C) groups is 1. The number of hydroxylamine groups is 1. The highest BCUT2D eigenvalue weighted by Gasteiger charge is 2.26. The van der Waals surface area contributed by atoms with Gasteiger partial charge in [0.1, 0.15) is 0 Å². The highest BCUT2D eigenvalue weighted by Crippen LogP contribution is 2.18. The lowest BCUT2D eigenvalue weighted by Crippen LogP contribution is -2.51. The molecule has 0 bridgehead atoms. The Morgan fingerprint density at radius 1 is 1.07 bits per heavy atom. The van der Waals surface area contributed by atoms with Gasteiger partial charge in [-0.05, 0) is 35.7 Å². The van der Waals surface area contributed by atoms with Crippen molar-refractivity contribution in [2.75, 3.05) is 13.1 Å². The van der Waals surface area contributed by atoms with E-state index in [2.05, 4.69) is 20.5 Å². The Morgan fingerprint density at radius 2 is 1.83 bits per heavy atom. The predicted octanol–water partition coefficient (Wildman–Crippen LogP) is 1.38. The van der Waals surface area contributed by atoms with Crippen molar-refractivity contribution in [2.45, 2.75) is 25.2 Å². The molecule has 8 heteroatoms. The molecular weight excluding hydrogens is 370 g/mol. The molecule has 2 aliphatic heterocycles. The molecule has 29 heavy (non-hydrogen) atoms. The Hall–Kier alpha value is -3.23. The zero-order valence-electron chi connectivity index (χ0n) is 15.8. The van der Waals surface area contributed by atoms with Crippen LogP contribution in [0.2, 0.25) is 0 Å². The molecule has 1 fully saturated rings. The maximum Gasteiger partial charge on any atom is 0.277 e. The van der Waals surface area contributed by atoms with E-state index in [0.717, 1.165) is 36.7 Å². The second-order valence-corrected chi connectivity index (χ2v) is 7.20. The highest BCUT2D eigenvalue weighted by molar-refractivity contribution is 6.11. The molecule has 2 amide bonds. The van der Waals surface area contributed by atoms with Crippen LogP contribution in [0, 0.1) is 0 Å². The lowest BCUT2D eigenvalue weighted by Gasteiger charge is -2.36. The molecule has 2 aromatic carbocycles. The third-order valence-corrected chi connectivity index (χ3v) is 5.33. The molecular formula is C21H23N5O3. The highest BCUT2D eigenvalue weighted by atomic mass is 16.5. The van der Waals surface area contributed by atoms with Crippen LogP contribution in [0.5, 0.6) is 0 Å². The maximum absolute atomic E-state index is 12.6. The van der Waals surface area contributed by atoms with E-state index in [4.69, 9.17) is 5.21 Å². The Morgan fingerprint density at radius 3 is 2.52 bits per heavy atom. The van der Waals surface area contributed by atoms with Crippen LogP contribution in [-0.4, -0.2) is 53.6 Å². The molecule has 2 aliphatic rings. The number of nitrogens with zero attached hydrogens (tertiary/aromatic N) is 2. The molecule has 0 aliphatic carbocycles. The van der Waals surface area contributed by atoms with Crippen molar-refractivity contribution in [1.82, 2.24) is 21.0 Å². The zero-order valence-corrected chi connectivity index (χ0v) is 15.8. The smallest absolute Gasteiger partial charge is 0.277 e. The average Bonchev–Trinajstić information content (AvgIpc) is 2.79. The monoisotopic (exact) mass is 393 g/mol. The molecule has 8 nitrogen and oxygen atoms in total. The summed E-state index contributed by atoms with van der Waals surface area (Å²) in [5.74, 6) is -0.652. The van der Waals surface area contributed by atoms with Gasteiger partial charge in [0.25, 0.3) is 11.8 Å². The first kappa shape index (κ1) is 19.1. The number of benzene rings is 2. The number of likely N-dealkylation sites (tertiary alicyclic amines) is 1. The molecule has 4 N–H and O–H groups in total. The fraction of sp³-hybridized carbons (Fsp3) is 0.286. The van der Waals surface area contributed by atoms with Crippen LogP contribution < -0.4 is 16.1 Å². The van der Waals surface area contributed by atoms with E-state index in [9.17, 15) is 9.59 Å². The largest absolute Gasteiger partial charge is 0.357 e. The van der Waals surface area contributed by atoms with Gasteiger partial charge in [-0.1, -0.05) is 30.3 Å². The predicted molar refractivity (Wildman–Crippen MR) is 109 cm³/mol. The number of amides is 2. The number of hydrogen-bond acceptors (Lipinski definition) is 6. The van der Waals surface area contributed by atoms with Gasteiger partial charge in [-0.15, -0.1) is 0 Å². The molecule has 150 valence electrons. The lowest BCUT2D eigenvalue weighted by molar-refractivity contribution is -0.124. The molecule has 1 saturated heterocycles. The molecule has 0 radical (unpaired) electrons. The first-order valence-electron chi connectivity index (χ1n) is 9.61. The third kappa shape index (κ3) is 4.28. The maximum atomic E-state index is 12.6. The Labute approximate surface area is 168 Å². The normalized spacial score (nSPS) is 20.0. The summed E-state index contributed by atoms with van der Waals surface area (Å²) in [5.41, 5.74) is 2.52. The van der Waals surface area contributed by atoms with Crippen molar-refractivity contribution in [2.24, 2.45) is 4.99 Å². The van der Waals surface area contributed by atoms with Gasteiger partial charge in [-0.25, -0.2) is 5.48 Å². The van der Waals surface area contributed by atoms with Gasteiger partial charge in [0.15, 0.2) is 6.29 Å². The number of piperidine rings is 1. The number of hydrogen-bond donors (Lipinski definition) is 4. The van der Waals surface area contributed by atoms with E-state index < -0.39 is 5.91 Å².